The maximum atomic E-state index is 11.9. The fourth-order valence-corrected chi connectivity index (χ4v) is 2.80. The van der Waals surface area contributed by atoms with Gasteiger partial charge in [-0.15, -0.1) is 0 Å². The number of hydrogen-bond donors (Lipinski definition) is 2. The molecular weight excluding hydrogens is 296 g/mol. The second-order valence-corrected chi connectivity index (χ2v) is 6.06. The molecule has 23 heavy (non-hydrogen) atoms. The van der Waals surface area contributed by atoms with E-state index in [-0.39, 0.29) is 11.6 Å². The van der Waals surface area contributed by atoms with Crippen molar-refractivity contribution in [1.29, 1.82) is 0 Å². The summed E-state index contributed by atoms with van der Waals surface area (Å²) in [5.74, 6) is 0.713. The van der Waals surface area contributed by atoms with E-state index < -0.39 is 4.92 Å². The van der Waals surface area contributed by atoms with E-state index in [4.69, 9.17) is 0 Å². The summed E-state index contributed by atoms with van der Waals surface area (Å²) in [4.78, 5) is 24.2. The molecule has 2 N–H and O–H groups in total. The first-order valence-corrected chi connectivity index (χ1v) is 8.02. The first-order chi connectivity index (χ1) is 11.0. The topological polar surface area (TPSA) is 87.5 Å². The summed E-state index contributed by atoms with van der Waals surface area (Å²) in [6.07, 6.45) is 2.41. The Morgan fingerprint density at radius 3 is 2.74 bits per heavy atom. The molecule has 1 fully saturated rings. The Balaban J connectivity index is 1.62. The molecule has 7 heteroatoms. The van der Waals surface area contributed by atoms with Gasteiger partial charge in [0.2, 0.25) is 5.91 Å². The van der Waals surface area contributed by atoms with Crippen LogP contribution in [0.1, 0.15) is 19.8 Å². The van der Waals surface area contributed by atoms with Crippen molar-refractivity contribution in [3.05, 3.63) is 34.4 Å². The molecule has 0 aliphatic carbocycles. The molecule has 7 nitrogen and oxygen atoms in total. The number of anilines is 1. The van der Waals surface area contributed by atoms with Gasteiger partial charge in [-0.2, -0.15) is 0 Å². The van der Waals surface area contributed by atoms with Gasteiger partial charge in [-0.25, -0.2) is 0 Å². The second-order valence-electron chi connectivity index (χ2n) is 6.06. The number of amides is 1. The van der Waals surface area contributed by atoms with Crippen LogP contribution in [0.5, 0.6) is 0 Å². The average Bonchev–Trinajstić information content (AvgIpc) is 2.52. The highest BCUT2D eigenvalue weighted by molar-refractivity contribution is 5.78. The average molecular weight is 320 g/mol. The van der Waals surface area contributed by atoms with Gasteiger partial charge in [0.1, 0.15) is 0 Å². The molecule has 1 amide bonds. The summed E-state index contributed by atoms with van der Waals surface area (Å²) >= 11 is 0. The predicted molar refractivity (Wildman–Crippen MR) is 89.4 cm³/mol. The molecule has 0 radical (unpaired) electrons. The minimum absolute atomic E-state index is 0.0459. The van der Waals surface area contributed by atoms with Gasteiger partial charge in [0.15, 0.2) is 0 Å². The number of non-ortho nitro benzene ring substituents is 1. The molecule has 1 atom stereocenters. The number of carbonyl (C=O) groups excluding carboxylic acids is 1. The van der Waals surface area contributed by atoms with Gasteiger partial charge in [-0.05, 0) is 37.4 Å². The van der Waals surface area contributed by atoms with E-state index in [2.05, 4.69) is 22.5 Å². The van der Waals surface area contributed by atoms with E-state index in [9.17, 15) is 14.9 Å². The molecule has 0 aromatic heterocycles. The fourth-order valence-electron chi connectivity index (χ4n) is 2.80. The second kappa shape index (κ2) is 8.47. The highest BCUT2D eigenvalue weighted by atomic mass is 16.6. The van der Waals surface area contributed by atoms with Gasteiger partial charge in [0, 0.05) is 37.5 Å². The Bertz CT molecular complexity index is 533. The molecule has 0 bridgehead atoms. The Kier molecular flexibility index (Phi) is 6.34. The summed E-state index contributed by atoms with van der Waals surface area (Å²) in [6, 6.07) is 6.24. The fraction of sp³-hybridized carbons (Fsp3) is 0.562. The number of rotatable bonds is 7. The third-order valence-corrected chi connectivity index (χ3v) is 3.96. The largest absolute Gasteiger partial charge is 0.383 e. The van der Waals surface area contributed by atoms with Crippen molar-refractivity contribution < 1.29 is 9.72 Å². The zero-order valence-electron chi connectivity index (χ0n) is 13.5. The monoisotopic (exact) mass is 320 g/mol. The van der Waals surface area contributed by atoms with Crippen molar-refractivity contribution in [2.45, 2.75) is 19.8 Å². The van der Waals surface area contributed by atoms with E-state index >= 15 is 0 Å². The van der Waals surface area contributed by atoms with Crippen molar-refractivity contribution in [3.63, 3.8) is 0 Å². The number of nitro benzene ring substituents is 1. The Morgan fingerprint density at radius 2 is 2.09 bits per heavy atom. The molecule has 1 aliphatic rings. The molecule has 1 saturated heterocycles. The zero-order chi connectivity index (χ0) is 16.7. The van der Waals surface area contributed by atoms with Crippen LogP contribution in [0.3, 0.4) is 0 Å². The quantitative estimate of drug-likeness (QED) is 0.455. The number of carbonyl (C=O) groups is 1. The number of hydrogen-bond acceptors (Lipinski definition) is 5. The maximum absolute atomic E-state index is 11.9. The van der Waals surface area contributed by atoms with E-state index in [1.165, 1.54) is 18.6 Å². The van der Waals surface area contributed by atoms with Crippen LogP contribution in [0.4, 0.5) is 11.4 Å². The summed E-state index contributed by atoms with van der Waals surface area (Å²) in [7, 11) is 0. The van der Waals surface area contributed by atoms with Gasteiger partial charge in [0.05, 0.1) is 11.5 Å². The van der Waals surface area contributed by atoms with Crippen LogP contribution in [0.25, 0.3) is 0 Å². The lowest BCUT2D eigenvalue weighted by molar-refractivity contribution is -0.384. The third-order valence-electron chi connectivity index (χ3n) is 3.96. The van der Waals surface area contributed by atoms with Crippen molar-refractivity contribution >= 4 is 17.3 Å². The lowest BCUT2D eigenvalue weighted by atomic mass is 10.0. The normalized spacial score (nSPS) is 18.4. The minimum atomic E-state index is -0.425. The Labute approximate surface area is 136 Å². The highest BCUT2D eigenvalue weighted by Gasteiger charge is 2.18. The molecule has 1 aromatic carbocycles. The van der Waals surface area contributed by atoms with E-state index in [1.54, 1.807) is 12.1 Å². The molecular formula is C16H24N4O3. The molecule has 0 unspecified atom stereocenters. The molecule has 1 aliphatic heterocycles. The summed E-state index contributed by atoms with van der Waals surface area (Å²) in [6.45, 7) is 5.78. The number of nitro groups is 1. The van der Waals surface area contributed by atoms with Gasteiger partial charge >= 0.3 is 0 Å². The first kappa shape index (κ1) is 17.2. The van der Waals surface area contributed by atoms with Gasteiger partial charge in [0.25, 0.3) is 5.69 Å². The standard InChI is InChI=1S/C16H24N4O3/c1-13-3-2-10-19(11-13)12-16(21)18-9-8-17-14-4-6-15(7-5-14)20(22)23/h4-7,13,17H,2-3,8-12H2,1H3,(H,18,21)/t13-/m1/s1. The highest BCUT2D eigenvalue weighted by Crippen LogP contribution is 2.15. The van der Waals surface area contributed by atoms with Crippen LogP contribution in [-0.4, -0.2) is 48.5 Å². The Morgan fingerprint density at radius 1 is 1.35 bits per heavy atom. The number of benzene rings is 1. The lowest BCUT2D eigenvalue weighted by Crippen LogP contribution is -2.42. The van der Waals surface area contributed by atoms with E-state index in [1.807, 2.05) is 0 Å². The van der Waals surface area contributed by atoms with Crippen LogP contribution in [-0.2, 0) is 4.79 Å². The first-order valence-electron chi connectivity index (χ1n) is 8.02. The van der Waals surface area contributed by atoms with Gasteiger partial charge in [-0.3, -0.25) is 19.8 Å². The number of nitrogens with zero attached hydrogens (tertiary/aromatic N) is 2. The van der Waals surface area contributed by atoms with Crippen molar-refractivity contribution in [1.82, 2.24) is 10.2 Å². The number of likely N-dealkylation sites (tertiary alicyclic amines) is 1. The van der Waals surface area contributed by atoms with Gasteiger partial charge < -0.3 is 10.6 Å². The number of nitrogens with one attached hydrogen (secondary N) is 2. The van der Waals surface area contributed by atoms with Crippen molar-refractivity contribution in [2.75, 3.05) is 38.0 Å². The van der Waals surface area contributed by atoms with Crippen LogP contribution < -0.4 is 10.6 Å². The smallest absolute Gasteiger partial charge is 0.269 e. The van der Waals surface area contributed by atoms with Crippen LogP contribution in [0.2, 0.25) is 0 Å². The van der Waals surface area contributed by atoms with Crippen molar-refractivity contribution in [2.24, 2.45) is 5.92 Å². The summed E-state index contributed by atoms with van der Waals surface area (Å²) in [5, 5.41) is 16.6. The summed E-state index contributed by atoms with van der Waals surface area (Å²) in [5.41, 5.74) is 0.870. The molecule has 1 aromatic rings. The molecule has 1 heterocycles. The van der Waals surface area contributed by atoms with Crippen molar-refractivity contribution in [3.8, 4) is 0 Å². The SMILES string of the molecule is C[C@@H]1CCCN(CC(=O)NCCNc2ccc([N+](=O)[O-])cc2)C1. The lowest BCUT2D eigenvalue weighted by Gasteiger charge is -2.30. The third kappa shape index (κ3) is 5.86. The van der Waals surface area contributed by atoms with Crippen LogP contribution in [0, 0.1) is 16.0 Å². The maximum Gasteiger partial charge on any atom is 0.269 e. The molecule has 0 spiro atoms. The molecule has 0 saturated carbocycles. The van der Waals surface area contributed by atoms with Crippen LogP contribution >= 0.6 is 0 Å². The molecule has 2 rings (SSSR count). The van der Waals surface area contributed by atoms with Gasteiger partial charge in [-0.1, -0.05) is 6.92 Å². The molecule has 126 valence electrons. The predicted octanol–water partition coefficient (Wildman–Crippen LogP) is 1.85. The van der Waals surface area contributed by atoms with E-state index in [0.29, 0.717) is 25.6 Å². The minimum Gasteiger partial charge on any atom is -0.383 e. The van der Waals surface area contributed by atoms with E-state index in [0.717, 1.165) is 25.2 Å². The van der Waals surface area contributed by atoms with Crippen LogP contribution in [0.15, 0.2) is 24.3 Å². The zero-order valence-corrected chi connectivity index (χ0v) is 13.5. The summed E-state index contributed by atoms with van der Waals surface area (Å²) < 4.78 is 0. The Hall–Kier alpha value is -2.15. The number of piperidine rings is 1.